The molecule has 1 aromatic carbocycles. The molecule has 0 amide bonds. The van der Waals surface area contributed by atoms with Crippen molar-refractivity contribution in [3.05, 3.63) is 53.1 Å². The molecule has 0 aliphatic heterocycles. The monoisotopic (exact) mass is 268 g/mol. The molecule has 2 rings (SSSR count). The smallest absolute Gasteiger partial charge is 0.194 e. The summed E-state index contributed by atoms with van der Waals surface area (Å²) in [5.74, 6) is -4.72. The van der Waals surface area contributed by atoms with Crippen LogP contribution in [0, 0.1) is 17.5 Å². The van der Waals surface area contributed by atoms with Crippen molar-refractivity contribution >= 4 is 5.78 Å². The van der Waals surface area contributed by atoms with Crippen molar-refractivity contribution in [2.24, 2.45) is 7.05 Å². The van der Waals surface area contributed by atoms with Crippen molar-refractivity contribution in [1.29, 1.82) is 0 Å². The third-order valence-corrected chi connectivity index (χ3v) is 2.70. The van der Waals surface area contributed by atoms with Crippen molar-refractivity contribution in [2.45, 2.75) is 12.8 Å². The number of carbonyl (C=O) groups excluding carboxylic acids is 1. The SMILES string of the molecule is Cn1cc(CCC(=O)c2cc(F)c(F)c(F)c2)cn1. The largest absolute Gasteiger partial charge is 0.294 e. The summed E-state index contributed by atoms with van der Waals surface area (Å²) in [7, 11) is 1.75. The number of benzene rings is 1. The maximum Gasteiger partial charge on any atom is 0.194 e. The average Bonchev–Trinajstić information content (AvgIpc) is 2.78. The predicted octanol–water partition coefficient (Wildman–Crippen LogP) is 2.65. The number of hydrogen-bond donors (Lipinski definition) is 0. The predicted molar refractivity (Wildman–Crippen MR) is 62.2 cm³/mol. The van der Waals surface area contributed by atoms with E-state index < -0.39 is 23.2 Å². The zero-order valence-corrected chi connectivity index (χ0v) is 10.2. The van der Waals surface area contributed by atoms with Gasteiger partial charge in [-0.25, -0.2) is 13.2 Å². The van der Waals surface area contributed by atoms with Crippen molar-refractivity contribution in [2.75, 3.05) is 0 Å². The van der Waals surface area contributed by atoms with Gasteiger partial charge in [0.05, 0.1) is 6.20 Å². The third-order valence-electron chi connectivity index (χ3n) is 2.70. The molecule has 19 heavy (non-hydrogen) atoms. The van der Waals surface area contributed by atoms with Gasteiger partial charge < -0.3 is 0 Å². The fraction of sp³-hybridized carbons (Fsp3) is 0.231. The molecule has 1 heterocycles. The molecule has 0 atom stereocenters. The molecule has 2 aromatic rings. The number of aryl methyl sites for hydroxylation is 2. The van der Waals surface area contributed by atoms with Gasteiger partial charge in [-0.1, -0.05) is 0 Å². The number of Topliss-reactive ketones (excluding diaryl/α,β-unsaturated/α-hetero) is 1. The minimum Gasteiger partial charge on any atom is -0.294 e. The molecule has 0 radical (unpaired) electrons. The molecule has 0 N–H and O–H groups in total. The number of ketones is 1. The first-order valence-corrected chi connectivity index (χ1v) is 5.62. The van der Waals surface area contributed by atoms with Gasteiger partial charge in [0.1, 0.15) is 0 Å². The highest BCUT2D eigenvalue weighted by atomic mass is 19.2. The van der Waals surface area contributed by atoms with Gasteiger partial charge in [-0.2, -0.15) is 5.10 Å². The van der Waals surface area contributed by atoms with E-state index in [0.717, 1.165) is 5.56 Å². The molecule has 3 nitrogen and oxygen atoms in total. The molecule has 0 aliphatic rings. The summed E-state index contributed by atoms with van der Waals surface area (Å²) in [6.07, 6.45) is 3.85. The van der Waals surface area contributed by atoms with Crippen molar-refractivity contribution in [3.63, 3.8) is 0 Å². The second-order valence-electron chi connectivity index (χ2n) is 4.20. The van der Waals surface area contributed by atoms with Crippen LogP contribution < -0.4 is 0 Å². The maximum absolute atomic E-state index is 13.0. The van der Waals surface area contributed by atoms with E-state index in [0.29, 0.717) is 18.6 Å². The van der Waals surface area contributed by atoms with Gasteiger partial charge in [-0.15, -0.1) is 0 Å². The fourth-order valence-corrected chi connectivity index (χ4v) is 1.72. The lowest BCUT2D eigenvalue weighted by Crippen LogP contribution is -2.04. The molecular formula is C13H11F3N2O. The molecule has 0 saturated carbocycles. The fourth-order valence-electron chi connectivity index (χ4n) is 1.72. The van der Waals surface area contributed by atoms with E-state index >= 15 is 0 Å². The van der Waals surface area contributed by atoms with Crippen LogP contribution in [0.5, 0.6) is 0 Å². The minimum absolute atomic E-state index is 0.0796. The van der Waals surface area contributed by atoms with Crippen LogP contribution in [-0.4, -0.2) is 15.6 Å². The number of halogens is 3. The van der Waals surface area contributed by atoms with Crippen LogP contribution in [-0.2, 0) is 13.5 Å². The summed E-state index contributed by atoms with van der Waals surface area (Å²) < 4.78 is 40.3. The Labute approximate surface area is 107 Å². The molecule has 0 unspecified atom stereocenters. The van der Waals surface area contributed by atoms with Crippen molar-refractivity contribution in [3.8, 4) is 0 Å². The van der Waals surface area contributed by atoms with E-state index in [2.05, 4.69) is 5.10 Å². The summed E-state index contributed by atoms with van der Waals surface area (Å²) >= 11 is 0. The lowest BCUT2D eigenvalue weighted by Gasteiger charge is -2.02. The van der Waals surface area contributed by atoms with Crippen LogP contribution in [0.1, 0.15) is 22.3 Å². The highest BCUT2D eigenvalue weighted by molar-refractivity contribution is 5.96. The van der Waals surface area contributed by atoms with E-state index in [-0.39, 0.29) is 12.0 Å². The van der Waals surface area contributed by atoms with Crippen LogP contribution in [0.15, 0.2) is 24.5 Å². The Bertz CT molecular complexity index is 599. The average molecular weight is 268 g/mol. The zero-order chi connectivity index (χ0) is 14.0. The van der Waals surface area contributed by atoms with Crippen LogP contribution in [0.2, 0.25) is 0 Å². The van der Waals surface area contributed by atoms with Crippen LogP contribution in [0.25, 0.3) is 0 Å². The zero-order valence-electron chi connectivity index (χ0n) is 10.2. The lowest BCUT2D eigenvalue weighted by atomic mass is 10.0. The number of hydrogen-bond acceptors (Lipinski definition) is 2. The first-order valence-electron chi connectivity index (χ1n) is 5.62. The van der Waals surface area contributed by atoms with E-state index in [1.807, 2.05) is 0 Å². The van der Waals surface area contributed by atoms with Crippen molar-refractivity contribution < 1.29 is 18.0 Å². The quantitative estimate of drug-likeness (QED) is 0.631. The number of rotatable bonds is 4. The van der Waals surface area contributed by atoms with Crippen molar-refractivity contribution in [1.82, 2.24) is 9.78 Å². The third kappa shape index (κ3) is 3.01. The molecular weight excluding hydrogens is 257 g/mol. The van der Waals surface area contributed by atoms with Gasteiger partial charge in [0.25, 0.3) is 0 Å². The molecule has 0 spiro atoms. The van der Waals surface area contributed by atoms with E-state index in [4.69, 9.17) is 0 Å². The Morgan fingerprint density at radius 2 is 1.89 bits per heavy atom. The second kappa shape index (κ2) is 5.26. The van der Waals surface area contributed by atoms with Gasteiger partial charge >= 0.3 is 0 Å². The van der Waals surface area contributed by atoms with Gasteiger partial charge in [0.2, 0.25) is 0 Å². The lowest BCUT2D eigenvalue weighted by molar-refractivity contribution is 0.0981. The summed E-state index contributed by atoms with van der Waals surface area (Å²) in [4.78, 5) is 11.8. The van der Waals surface area contributed by atoms with Crippen LogP contribution >= 0.6 is 0 Å². The molecule has 0 saturated heterocycles. The molecule has 6 heteroatoms. The molecule has 0 fully saturated rings. The highest BCUT2D eigenvalue weighted by Crippen LogP contribution is 2.15. The Morgan fingerprint density at radius 3 is 2.42 bits per heavy atom. The van der Waals surface area contributed by atoms with Gasteiger partial charge in [-0.05, 0) is 24.1 Å². The first kappa shape index (κ1) is 13.3. The summed E-state index contributed by atoms with van der Waals surface area (Å²) in [6, 6.07) is 1.42. The Hall–Kier alpha value is -2.11. The van der Waals surface area contributed by atoms with E-state index in [1.54, 1.807) is 24.1 Å². The number of carbonyl (C=O) groups is 1. The topological polar surface area (TPSA) is 34.9 Å². The highest BCUT2D eigenvalue weighted by Gasteiger charge is 2.15. The summed E-state index contributed by atoms with van der Waals surface area (Å²) in [5, 5.41) is 3.94. The maximum atomic E-state index is 13.0. The Balaban J connectivity index is 2.08. The normalized spacial score (nSPS) is 10.7. The molecule has 0 bridgehead atoms. The Morgan fingerprint density at radius 1 is 1.26 bits per heavy atom. The molecule has 1 aromatic heterocycles. The van der Waals surface area contributed by atoms with Crippen LogP contribution in [0.3, 0.4) is 0 Å². The van der Waals surface area contributed by atoms with E-state index in [1.165, 1.54) is 0 Å². The Kier molecular flexibility index (Phi) is 3.69. The summed E-state index contributed by atoms with van der Waals surface area (Å²) in [5.41, 5.74) is 0.680. The summed E-state index contributed by atoms with van der Waals surface area (Å²) in [6.45, 7) is 0. The standard InChI is InChI=1S/C13H11F3N2O/c1-18-7-8(6-17-18)2-3-12(19)9-4-10(14)13(16)11(15)5-9/h4-7H,2-3H2,1H3. The van der Waals surface area contributed by atoms with E-state index in [9.17, 15) is 18.0 Å². The number of nitrogens with zero attached hydrogens (tertiary/aromatic N) is 2. The number of aromatic nitrogens is 2. The first-order chi connectivity index (χ1) is 8.97. The molecule has 0 aliphatic carbocycles. The second-order valence-corrected chi connectivity index (χ2v) is 4.20. The van der Waals surface area contributed by atoms with Gasteiger partial charge in [0, 0.05) is 25.2 Å². The van der Waals surface area contributed by atoms with Gasteiger partial charge in [0.15, 0.2) is 23.2 Å². The van der Waals surface area contributed by atoms with Gasteiger partial charge in [-0.3, -0.25) is 9.48 Å². The molecule has 100 valence electrons. The minimum atomic E-state index is -1.57. The van der Waals surface area contributed by atoms with Crippen LogP contribution in [0.4, 0.5) is 13.2 Å².